The Labute approximate surface area is 250 Å². The van der Waals surface area contributed by atoms with E-state index in [1.807, 2.05) is 66.7 Å². The lowest BCUT2D eigenvalue weighted by Gasteiger charge is -2.34. The molecule has 0 spiro atoms. The standard InChI is InChI=1S/C33H38BrN3O4/c34-25-13-9-12-24(20-25)22-37(30(38)18-19-36-32(40)27-16-7-8-17-28(27)33(36)41)29(21-23-10-3-1-4-11-23)31(39)35-26-14-5-2-6-15-26/h1,3-4,7-13,20,26-29H,2,5-6,14-19,21-22H2,(H,35,39)/t27-,28+,29-/m1/s1. The van der Waals surface area contributed by atoms with Crippen LogP contribution in [0.2, 0.25) is 0 Å². The van der Waals surface area contributed by atoms with Crippen LogP contribution in [0.1, 0.15) is 62.5 Å². The number of benzene rings is 2. The molecule has 7 nitrogen and oxygen atoms in total. The molecule has 2 fully saturated rings. The van der Waals surface area contributed by atoms with Crippen molar-refractivity contribution in [1.29, 1.82) is 0 Å². The molecule has 216 valence electrons. The van der Waals surface area contributed by atoms with Crippen molar-refractivity contribution in [2.24, 2.45) is 11.8 Å². The number of nitrogens with zero attached hydrogens (tertiary/aromatic N) is 2. The maximum absolute atomic E-state index is 14.0. The van der Waals surface area contributed by atoms with Gasteiger partial charge in [-0.1, -0.05) is 89.8 Å². The maximum atomic E-state index is 14.0. The molecule has 4 amide bonds. The lowest BCUT2D eigenvalue weighted by molar-refractivity contribution is -0.144. The molecule has 0 bridgehead atoms. The summed E-state index contributed by atoms with van der Waals surface area (Å²) in [6, 6.07) is 16.8. The van der Waals surface area contributed by atoms with Gasteiger partial charge in [0.15, 0.2) is 0 Å². The van der Waals surface area contributed by atoms with Crippen molar-refractivity contribution in [3.63, 3.8) is 0 Å². The largest absolute Gasteiger partial charge is 0.352 e. The quantitative estimate of drug-likeness (QED) is 0.293. The van der Waals surface area contributed by atoms with Crippen LogP contribution in [0, 0.1) is 11.8 Å². The highest BCUT2D eigenvalue weighted by Crippen LogP contribution is 2.35. The van der Waals surface area contributed by atoms with E-state index in [2.05, 4.69) is 21.2 Å². The van der Waals surface area contributed by atoms with Gasteiger partial charge >= 0.3 is 0 Å². The van der Waals surface area contributed by atoms with Gasteiger partial charge in [0.2, 0.25) is 23.6 Å². The number of carbonyl (C=O) groups is 4. The third-order valence-electron chi connectivity index (χ3n) is 8.61. The first-order chi connectivity index (χ1) is 19.9. The van der Waals surface area contributed by atoms with E-state index in [4.69, 9.17) is 0 Å². The first-order valence-corrected chi connectivity index (χ1v) is 15.6. The molecule has 1 N–H and O–H groups in total. The first kappa shape index (κ1) is 29.2. The van der Waals surface area contributed by atoms with Gasteiger partial charge in [0.05, 0.1) is 11.8 Å². The molecular weight excluding hydrogens is 582 g/mol. The molecule has 2 aromatic carbocycles. The average molecular weight is 621 g/mol. The highest BCUT2D eigenvalue weighted by atomic mass is 79.9. The summed E-state index contributed by atoms with van der Waals surface area (Å²) in [5.41, 5.74) is 1.85. The van der Waals surface area contributed by atoms with E-state index in [-0.39, 0.29) is 61.0 Å². The van der Waals surface area contributed by atoms with Crippen molar-refractivity contribution in [2.45, 2.75) is 76.4 Å². The lowest BCUT2D eigenvalue weighted by atomic mass is 9.85. The van der Waals surface area contributed by atoms with Gasteiger partial charge in [-0.05, 0) is 48.9 Å². The number of hydrogen-bond donors (Lipinski definition) is 1. The second-order valence-corrected chi connectivity index (χ2v) is 12.4. The van der Waals surface area contributed by atoms with Crippen LogP contribution < -0.4 is 5.32 Å². The van der Waals surface area contributed by atoms with Crippen molar-refractivity contribution in [3.8, 4) is 0 Å². The minimum Gasteiger partial charge on any atom is -0.352 e. The topological polar surface area (TPSA) is 86.8 Å². The van der Waals surface area contributed by atoms with Crippen molar-refractivity contribution in [3.05, 3.63) is 82.3 Å². The highest BCUT2D eigenvalue weighted by molar-refractivity contribution is 9.10. The second kappa shape index (κ2) is 13.6. The summed E-state index contributed by atoms with van der Waals surface area (Å²) in [6.45, 7) is 0.270. The number of fused-ring (bicyclic) bond motifs is 1. The van der Waals surface area contributed by atoms with E-state index < -0.39 is 6.04 Å². The van der Waals surface area contributed by atoms with Gasteiger partial charge in [-0.2, -0.15) is 0 Å². The third-order valence-corrected chi connectivity index (χ3v) is 9.11. The van der Waals surface area contributed by atoms with E-state index in [9.17, 15) is 19.2 Å². The molecule has 8 heteroatoms. The van der Waals surface area contributed by atoms with Crippen LogP contribution in [-0.2, 0) is 32.1 Å². The molecule has 1 saturated carbocycles. The van der Waals surface area contributed by atoms with Crippen molar-refractivity contribution in [2.75, 3.05) is 6.54 Å². The van der Waals surface area contributed by atoms with Gasteiger partial charge < -0.3 is 10.2 Å². The summed E-state index contributed by atoms with van der Waals surface area (Å²) in [7, 11) is 0. The molecule has 1 aliphatic heterocycles. The summed E-state index contributed by atoms with van der Waals surface area (Å²) in [4.78, 5) is 56.9. The van der Waals surface area contributed by atoms with Crippen LogP contribution in [0.4, 0.5) is 0 Å². The number of amides is 4. The molecule has 5 rings (SSSR count). The molecular formula is C33H38BrN3O4. The maximum Gasteiger partial charge on any atom is 0.243 e. The van der Waals surface area contributed by atoms with Gasteiger partial charge in [0.1, 0.15) is 6.04 Å². The first-order valence-electron chi connectivity index (χ1n) is 14.8. The van der Waals surface area contributed by atoms with Crippen molar-refractivity contribution in [1.82, 2.24) is 15.1 Å². The number of likely N-dealkylation sites (tertiary alicyclic amines) is 1. The zero-order valence-electron chi connectivity index (χ0n) is 23.3. The Bertz CT molecular complexity index is 1260. The normalized spacial score (nSPS) is 21.4. The minimum absolute atomic E-state index is 0.0274. The Kier molecular flexibility index (Phi) is 9.70. The van der Waals surface area contributed by atoms with Crippen LogP contribution in [0.5, 0.6) is 0 Å². The van der Waals surface area contributed by atoms with Crippen LogP contribution >= 0.6 is 15.9 Å². The van der Waals surface area contributed by atoms with Gasteiger partial charge in [-0.15, -0.1) is 0 Å². The predicted molar refractivity (Wildman–Crippen MR) is 160 cm³/mol. The van der Waals surface area contributed by atoms with E-state index >= 15 is 0 Å². The Balaban J connectivity index is 1.39. The van der Waals surface area contributed by atoms with Crippen molar-refractivity contribution < 1.29 is 19.2 Å². The van der Waals surface area contributed by atoms with E-state index in [1.54, 1.807) is 4.90 Å². The second-order valence-electron chi connectivity index (χ2n) is 11.4. The molecule has 0 radical (unpaired) electrons. The average Bonchev–Trinajstić information content (AvgIpc) is 3.23. The zero-order valence-corrected chi connectivity index (χ0v) is 24.9. The molecule has 0 unspecified atom stereocenters. The number of imide groups is 1. The SMILES string of the molecule is O=C(NC1CCCCC1)[C@@H](Cc1ccccc1)N(Cc1cccc(Br)c1)C(=O)CCN1C(=O)[C@H]2CC=CC[C@H]2C1=O. The fourth-order valence-corrected chi connectivity index (χ4v) is 6.82. The van der Waals surface area contributed by atoms with Gasteiger partial charge in [0.25, 0.3) is 0 Å². The number of carbonyl (C=O) groups excluding carboxylic acids is 4. The number of hydrogen-bond acceptors (Lipinski definition) is 4. The monoisotopic (exact) mass is 619 g/mol. The summed E-state index contributed by atoms with van der Waals surface area (Å²) < 4.78 is 0.887. The Morgan fingerprint density at radius 3 is 2.22 bits per heavy atom. The van der Waals surface area contributed by atoms with Crippen LogP contribution in [0.15, 0.2) is 71.2 Å². The number of allylic oxidation sites excluding steroid dienone is 2. The zero-order chi connectivity index (χ0) is 28.8. The molecule has 3 aliphatic rings. The molecule has 41 heavy (non-hydrogen) atoms. The smallest absolute Gasteiger partial charge is 0.243 e. The summed E-state index contributed by atoms with van der Waals surface area (Å²) in [6.07, 6.45) is 10.6. The molecule has 2 aliphatic carbocycles. The van der Waals surface area contributed by atoms with E-state index in [0.717, 1.165) is 41.3 Å². The van der Waals surface area contributed by atoms with Gasteiger partial charge in [0, 0.05) is 36.4 Å². The van der Waals surface area contributed by atoms with Crippen molar-refractivity contribution >= 4 is 39.6 Å². The number of halogens is 1. The molecule has 0 aromatic heterocycles. The number of rotatable bonds is 10. The summed E-state index contributed by atoms with van der Waals surface area (Å²) in [5, 5.41) is 3.25. The highest BCUT2D eigenvalue weighted by Gasteiger charge is 2.47. The Hall–Kier alpha value is -3.26. The molecule has 1 saturated heterocycles. The summed E-state index contributed by atoms with van der Waals surface area (Å²) in [5.74, 6) is -1.44. The third kappa shape index (κ3) is 7.15. The number of nitrogens with one attached hydrogen (secondary N) is 1. The van der Waals surface area contributed by atoms with Crippen LogP contribution in [0.3, 0.4) is 0 Å². The Morgan fingerprint density at radius 2 is 1.56 bits per heavy atom. The molecule has 1 heterocycles. The minimum atomic E-state index is -0.734. The van der Waals surface area contributed by atoms with Gasteiger partial charge in [-0.25, -0.2) is 0 Å². The predicted octanol–water partition coefficient (Wildman–Crippen LogP) is 5.18. The molecule has 2 aromatic rings. The Morgan fingerprint density at radius 1 is 0.902 bits per heavy atom. The van der Waals surface area contributed by atoms with E-state index in [1.165, 1.54) is 11.3 Å². The molecule has 3 atom stereocenters. The lowest BCUT2D eigenvalue weighted by Crippen LogP contribution is -2.53. The fourth-order valence-electron chi connectivity index (χ4n) is 6.37. The summed E-state index contributed by atoms with van der Waals surface area (Å²) >= 11 is 3.52. The fraction of sp³-hybridized carbons (Fsp3) is 0.455. The van der Waals surface area contributed by atoms with Crippen LogP contribution in [-0.4, -0.2) is 52.1 Å². The van der Waals surface area contributed by atoms with E-state index in [0.29, 0.717) is 19.3 Å². The van der Waals surface area contributed by atoms with Gasteiger partial charge in [-0.3, -0.25) is 24.1 Å². The van der Waals surface area contributed by atoms with Crippen LogP contribution in [0.25, 0.3) is 0 Å².